The van der Waals surface area contributed by atoms with Crippen LogP contribution in [0, 0.1) is 27.7 Å². The second kappa shape index (κ2) is 8.75. The third-order valence-corrected chi connectivity index (χ3v) is 10.5. The normalized spacial score (nSPS) is 11.6. The van der Waals surface area contributed by atoms with Gasteiger partial charge in [0, 0.05) is 15.9 Å². The van der Waals surface area contributed by atoms with Crippen LogP contribution < -0.4 is 15.9 Å². The highest BCUT2D eigenvalue weighted by atomic mass is 31.2. The molecule has 5 rings (SSSR count). The standard InChI is InChI=1S/C32H29OP/c1-22-23(2)25(4)32(31(24(22)3)30-21-13-15-26-14-11-12-20-29(26)30)34(33,27-16-7-5-8-17-27)28-18-9-6-10-19-28/h5-21H,1-4H3. The Hall–Kier alpha value is -3.41. The predicted octanol–water partition coefficient (Wildman–Crippen LogP) is 7.38. The van der Waals surface area contributed by atoms with E-state index in [0.29, 0.717) is 0 Å². The van der Waals surface area contributed by atoms with Gasteiger partial charge in [0.1, 0.15) is 0 Å². The molecule has 5 aromatic rings. The van der Waals surface area contributed by atoms with Crippen LogP contribution in [0.1, 0.15) is 22.3 Å². The fourth-order valence-electron chi connectivity index (χ4n) is 5.14. The Kier molecular flexibility index (Phi) is 5.76. The number of fused-ring (bicyclic) bond motifs is 1. The van der Waals surface area contributed by atoms with Crippen LogP contribution in [0.5, 0.6) is 0 Å². The molecule has 0 unspecified atom stereocenters. The molecule has 0 radical (unpaired) electrons. The maximum Gasteiger partial charge on any atom is 0.171 e. The number of hydrogen-bond donors (Lipinski definition) is 0. The van der Waals surface area contributed by atoms with Crippen LogP contribution in [-0.2, 0) is 4.57 Å². The largest absolute Gasteiger partial charge is 0.309 e. The average molecular weight is 461 g/mol. The minimum Gasteiger partial charge on any atom is -0.309 e. The fourth-order valence-corrected chi connectivity index (χ4v) is 8.38. The zero-order valence-electron chi connectivity index (χ0n) is 20.2. The Morgan fingerprint density at radius 2 is 1.00 bits per heavy atom. The first-order valence-corrected chi connectivity index (χ1v) is 13.5. The Morgan fingerprint density at radius 1 is 0.500 bits per heavy atom. The first-order valence-electron chi connectivity index (χ1n) is 11.7. The monoisotopic (exact) mass is 460 g/mol. The van der Waals surface area contributed by atoms with Crippen molar-refractivity contribution in [3.05, 3.63) is 125 Å². The van der Waals surface area contributed by atoms with Crippen molar-refractivity contribution in [1.82, 2.24) is 0 Å². The minimum atomic E-state index is -3.17. The van der Waals surface area contributed by atoms with Gasteiger partial charge in [-0.25, -0.2) is 0 Å². The zero-order chi connectivity index (χ0) is 23.9. The summed E-state index contributed by atoms with van der Waals surface area (Å²) in [6.45, 7) is 8.67. The molecule has 0 atom stereocenters. The summed E-state index contributed by atoms with van der Waals surface area (Å²) in [6.07, 6.45) is 0. The SMILES string of the molecule is Cc1c(C)c(C)c(P(=O)(c2ccccc2)c2ccccc2)c(-c2cccc3ccccc23)c1C. The van der Waals surface area contributed by atoms with Crippen molar-refractivity contribution >= 4 is 33.8 Å². The van der Waals surface area contributed by atoms with Gasteiger partial charge in [0.15, 0.2) is 7.14 Å². The maximum atomic E-state index is 15.6. The molecular formula is C32H29OP. The van der Waals surface area contributed by atoms with Gasteiger partial charge in [-0.1, -0.05) is 103 Å². The van der Waals surface area contributed by atoms with E-state index in [2.05, 4.69) is 70.2 Å². The van der Waals surface area contributed by atoms with Crippen molar-refractivity contribution in [3.8, 4) is 11.1 Å². The second-order valence-corrected chi connectivity index (χ2v) is 11.7. The van der Waals surface area contributed by atoms with Crippen LogP contribution >= 0.6 is 7.14 Å². The zero-order valence-corrected chi connectivity index (χ0v) is 21.1. The summed E-state index contributed by atoms with van der Waals surface area (Å²) >= 11 is 0. The highest BCUT2D eigenvalue weighted by Crippen LogP contribution is 2.49. The van der Waals surface area contributed by atoms with Crippen LogP contribution in [0.15, 0.2) is 103 Å². The molecule has 0 saturated carbocycles. The lowest BCUT2D eigenvalue weighted by molar-refractivity contribution is 0.592. The van der Waals surface area contributed by atoms with E-state index in [1.165, 1.54) is 27.5 Å². The van der Waals surface area contributed by atoms with Gasteiger partial charge in [-0.3, -0.25) is 0 Å². The van der Waals surface area contributed by atoms with Gasteiger partial charge < -0.3 is 4.57 Å². The molecule has 0 heterocycles. The Morgan fingerprint density at radius 3 is 1.62 bits per heavy atom. The summed E-state index contributed by atoms with van der Waals surface area (Å²) in [7, 11) is -3.17. The van der Waals surface area contributed by atoms with Crippen LogP contribution in [0.4, 0.5) is 0 Å². The van der Waals surface area contributed by atoms with Gasteiger partial charge in [0.25, 0.3) is 0 Å². The number of hydrogen-bond acceptors (Lipinski definition) is 1. The summed E-state index contributed by atoms with van der Waals surface area (Å²) in [6, 6.07) is 34.9. The van der Waals surface area contributed by atoms with Gasteiger partial charge in [0.05, 0.1) is 0 Å². The third-order valence-electron chi connectivity index (χ3n) is 7.27. The summed E-state index contributed by atoms with van der Waals surface area (Å²) in [5, 5.41) is 5.07. The Bertz CT molecular complexity index is 1500. The Labute approximate surface area is 202 Å². The third kappa shape index (κ3) is 3.44. The summed E-state index contributed by atoms with van der Waals surface area (Å²) in [5.74, 6) is 0. The van der Waals surface area contributed by atoms with Gasteiger partial charge >= 0.3 is 0 Å². The molecule has 5 aromatic carbocycles. The van der Waals surface area contributed by atoms with E-state index in [1.807, 2.05) is 60.7 Å². The minimum absolute atomic E-state index is 0.869. The second-order valence-electron chi connectivity index (χ2n) is 9.03. The van der Waals surface area contributed by atoms with Crippen LogP contribution in [0.25, 0.3) is 21.9 Å². The molecule has 0 amide bonds. The molecule has 0 fully saturated rings. The number of rotatable bonds is 4. The van der Waals surface area contributed by atoms with E-state index in [1.54, 1.807) is 0 Å². The molecule has 0 aliphatic carbocycles. The van der Waals surface area contributed by atoms with Crippen molar-refractivity contribution < 1.29 is 4.57 Å². The van der Waals surface area contributed by atoms with Crippen LogP contribution in [0.3, 0.4) is 0 Å². The van der Waals surface area contributed by atoms with E-state index >= 15 is 4.57 Å². The van der Waals surface area contributed by atoms with Crippen molar-refractivity contribution in [2.75, 3.05) is 0 Å². The average Bonchev–Trinajstić information content (AvgIpc) is 2.90. The molecule has 0 aliphatic rings. The van der Waals surface area contributed by atoms with Crippen LogP contribution in [-0.4, -0.2) is 0 Å². The molecule has 1 nitrogen and oxygen atoms in total. The molecule has 0 aromatic heterocycles. The Balaban J connectivity index is 2.00. The first-order chi connectivity index (χ1) is 16.4. The van der Waals surface area contributed by atoms with Crippen molar-refractivity contribution in [2.45, 2.75) is 27.7 Å². The van der Waals surface area contributed by atoms with E-state index in [4.69, 9.17) is 0 Å². The molecular weight excluding hydrogens is 431 g/mol. The van der Waals surface area contributed by atoms with Gasteiger partial charge in [-0.15, -0.1) is 0 Å². The van der Waals surface area contributed by atoms with Crippen molar-refractivity contribution in [3.63, 3.8) is 0 Å². The van der Waals surface area contributed by atoms with Gasteiger partial charge in [-0.05, 0) is 71.8 Å². The highest BCUT2D eigenvalue weighted by molar-refractivity contribution is 7.85. The molecule has 0 bridgehead atoms. The van der Waals surface area contributed by atoms with E-state index in [0.717, 1.165) is 32.6 Å². The van der Waals surface area contributed by atoms with E-state index < -0.39 is 7.14 Å². The lowest BCUT2D eigenvalue weighted by Crippen LogP contribution is -2.29. The summed E-state index contributed by atoms with van der Waals surface area (Å²) in [5.41, 5.74) is 7.03. The summed E-state index contributed by atoms with van der Waals surface area (Å²) < 4.78 is 15.6. The molecule has 0 N–H and O–H groups in total. The molecule has 2 heteroatoms. The fraction of sp³-hybridized carbons (Fsp3) is 0.125. The van der Waals surface area contributed by atoms with Crippen molar-refractivity contribution in [1.29, 1.82) is 0 Å². The molecule has 0 aliphatic heterocycles. The molecule has 0 spiro atoms. The van der Waals surface area contributed by atoms with Crippen LogP contribution in [0.2, 0.25) is 0 Å². The van der Waals surface area contributed by atoms with Gasteiger partial charge in [0.2, 0.25) is 0 Å². The molecule has 168 valence electrons. The molecule has 0 saturated heterocycles. The quantitative estimate of drug-likeness (QED) is 0.256. The van der Waals surface area contributed by atoms with E-state index in [-0.39, 0.29) is 0 Å². The maximum absolute atomic E-state index is 15.6. The summed E-state index contributed by atoms with van der Waals surface area (Å²) in [4.78, 5) is 0. The van der Waals surface area contributed by atoms with E-state index in [9.17, 15) is 0 Å². The van der Waals surface area contributed by atoms with Crippen molar-refractivity contribution in [2.24, 2.45) is 0 Å². The molecule has 34 heavy (non-hydrogen) atoms. The lowest BCUT2D eigenvalue weighted by atomic mass is 9.88. The smallest absolute Gasteiger partial charge is 0.171 e. The first kappa shape index (κ1) is 22.4. The lowest BCUT2D eigenvalue weighted by Gasteiger charge is -2.29. The van der Waals surface area contributed by atoms with Gasteiger partial charge in [-0.2, -0.15) is 0 Å². The topological polar surface area (TPSA) is 17.1 Å². The predicted molar refractivity (Wildman–Crippen MR) is 148 cm³/mol. The number of benzene rings is 5. The highest BCUT2D eigenvalue weighted by Gasteiger charge is 2.35.